The molecule has 3 aromatic rings. The lowest BCUT2D eigenvalue weighted by atomic mass is 10.1. The molecule has 1 atom stereocenters. The molecule has 37 heavy (non-hydrogen) atoms. The highest BCUT2D eigenvalue weighted by atomic mass is 32.2. The fraction of sp³-hybridized carbons (Fsp3) is 0.310. The molecule has 3 aromatic carbocycles. The molecule has 0 saturated heterocycles. The van der Waals surface area contributed by atoms with Gasteiger partial charge in [-0.1, -0.05) is 61.0 Å². The number of aryl methyl sites for hydroxylation is 3. The number of sulfonamides is 1. The molecule has 0 fully saturated rings. The van der Waals surface area contributed by atoms with E-state index < -0.39 is 28.5 Å². The van der Waals surface area contributed by atoms with Gasteiger partial charge in [-0.2, -0.15) is 0 Å². The first kappa shape index (κ1) is 27.9. The van der Waals surface area contributed by atoms with E-state index in [-0.39, 0.29) is 17.3 Å². The van der Waals surface area contributed by atoms with Gasteiger partial charge in [-0.05, 0) is 68.1 Å². The normalized spacial score (nSPS) is 12.0. The van der Waals surface area contributed by atoms with E-state index in [1.807, 2.05) is 64.1 Å². The van der Waals surface area contributed by atoms with Crippen molar-refractivity contribution in [1.29, 1.82) is 0 Å². The summed E-state index contributed by atoms with van der Waals surface area (Å²) in [4.78, 5) is 28.2. The molecule has 0 spiro atoms. The van der Waals surface area contributed by atoms with Crippen molar-refractivity contribution in [2.24, 2.45) is 0 Å². The third-order valence-electron chi connectivity index (χ3n) is 6.49. The minimum Gasteiger partial charge on any atom is -0.357 e. The highest BCUT2D eigenvalue weighted by Crippen LogP contribution is 2.27. The number of likely N-dealkylation sites (N-methyl/N-ethyl adjacent to an activating group) is 1. The lowest BCUT2D eigenvalue weighted by Gasteiger charge is -2.33. The lowest BCUT2D eigenvalue weighted by molar-refractivity contribution is -0.140. The Morgan fingerprint density at radius 1 is 0.892 bits per heavy atom. The van der Waals surface area contributed by atoms with Crippen molar-refractivity contribution in [2.75, 3.05) is 17.9 Å². The summed E-state index contributed by atoms with van der Waals surface area (Å²) < 4.78 is 28.9. The second kappa shape index (κ2) is 12.1. The van der Waals surface area contributed by atoms with Gasteiger partial charge in [0.1, 0.15) is 12.6 Å². The van der Waals surface area contributed by atoms with Gasteiger partial charge in [-0.25, -0.2) is 8.42 Å². The average Bonchev–Trinajstić information content (AvgIpc) is 2.89. The molecule has 0 aliphatic rings. The number of nitrogens with zero attached hydrogens (tertiary/aromatic N) is 2. The van der Waals surface area contributed by atoms with Crippen LogP contribution in [0.15, 0.2) is 77.7 Å². The maximum atomic E-state index is 13.9. The molecule has 0 heterocycles. The Bertz CT molecular complexity index is 1340. The highest BCUT2D eigenvalue weighted by Gasteiger charge is 2.33. The Morgan fingerprint density at radius 2 is 1.54 bits per heavy atom. The van der Waals surface area contributed by atoms with Gasteiger partial charge in [0.25, 0.3) is 10.0 Å². The fourth-order valence-corrected chi connectivity index (χ4v) is 5.52. The van der Waals surface area contributed by atoms with Crippen molar-refractivity contribution in [1.82, 2.24) is 10.2 Å². The van der Waals surface area contributed by atoms with Crippen LogP contribution in [0, 0.1) is 20.8 Å². The second-order valence-electron chi connectivity index (χ2n) is 9.14. The summed E-state index contributed by atoms with van der Waals surface area (Å²) in [5.41, 5.74) is 4.09. The topological polar surface area (TPSA) is 86.8 Å². The molecule has 8 heteroatoms. The van der Waals surface area contributed by atoms with Gasteiger partial charge in [0.2, 0.25) is 11.8 Å². The molecule has 1 unspecified atom stereocenters. The van der Waals surface area contributed by atoms with Crippen molar-refractivity contribution in [3.63, 3.8) is 0 Å². The van der Waals surface area contributed by atoms with Crippen LogP contribution in [-0.4, -0.2) is 44.8 Å². The number of amides is 2. The first-order valence-corrected chi connectivity index (χ1v) is 13.7. The summed E-state index contributed by atoms with van der Waals surface area (Å²) in [7, 11) is -2.55. The number of hydrogen-bond acceptors (Lipinski definition) is 4. The Morgan fingerprint density at radius 3 is 2.11 bits per heavy atom. The molecule has 0 bridgehead atoms. The number of benzene rings is 3. The molecule has 2 amide bonds. The smallest absolute Gasteiger partial charge is 0.264 e. The minimum absolute atomic E-state index is 0.0945. The van der Waals surface area contributed by atoms with Gasteiger partial charge in [-0.15, -0.1) is 0 Å². The molecule has 0 aromatic heterocycles. The van der Waals surface area contributed by atoms with E-state index in [0.717, 1.165) is 26.6 Å². The maximum absolute atomic E-state index is 13.9. The van der Waals surface area contributed by atoms with Gasteiger partial charge in [0.05, 0.1) is 10.6 Å². The monoisotopic (exact) mass is 521 g/mol. The first-order valence-electron chi connectivity index (χ1n) is 12.3. The lowest BCUT2D eigenvalue weighted by Crippen LogP contribution is -2.51. The summed E-state index contributed by atoms with van der Waals surface area (Å²) in [6.07, 6.45) is 0.382. The molecule has 0 saturated carbocycles. The SMILES string of the molecule is CCC(C(=O)NC)N(Cc1ccccc1)C(=O)CN(c1ccc(C)c(C)c1)S(=O)(=O)c1ccc(C)cc1. The van der Waals surface area contributed by atoms with E-state index in [1.165, 1.54) is 11.9 Å². The quantitative estimate of drug-likeness (QED) is 0.430. The Kier molecular flexibility index (Phi) is 9.10. The number of rotatable bonds is 10. The van der Waals surface area contributed by atoms with Crippen molar-refractivity contribution >= 4 is 27.5 Å². The number of anilines is 1. The maximum Gasteiger partial charge on any atom is 0.264 e. The second-order valence-corrected chi connectivity index (χ2v) is 11.0. The van der Waals surface area contributed by atoms with Gasteiger partial charge in [0, 0.05) is 13.6 Å². The molecule has 7 nitrogen and oxygen atoms in total. The molecule has 0 radical (unpaired) electrons. The van der Waals surface area contributed by atoms with E-state index in [2.05, 4.69) is 5.32 Å². The third-order valence-corrected chi connectivity index (χ3v) is 8.28. The summed E-state index contributed by atoms with van der Waals surface area (Å²) in [5, 5.41) is 2.63. The van der Waals surface area contributed by atoms with Crippen LogP contribution in [0.3, 0.4) is 0 Å². The van der Waals surface area contributed by atoms with Crippen molar-refractivity contribution in [3.05, 3.63) is 95.1 Å². The molecular weight excluding hydrogens is 486 g/mol. The van der Waals surface area contributed by atoms with Crippen LogP contribution in [0.5, 0.6) is 0 Å². The van der Waals surface area contributed by atoms with Crippen LogP contribution < -0.4 is 9.62 Å². The number of hydrogen-bond donors (Lipinski definition) is 1. The number of nitrogens with one attached hydrogen (secondary N) is 1. The van der Waals surface area contributed by atoms with Crippen LogP contribution in [0.2, 0.25) is 0 Å². The van der Waals surface area contributed by atoms with Crippen LogP contribution in [0.4, 0.5) is 5.69 Å². The zero-order valence-electron chi connectivity index (χ0n) is 22.1. The Labute approximate surface area is 220 Å². The minimum atomic E-state index is -4.07. The molecular formula is C29H35N3O4S. The average molecular weight is 522 g/mol. The van der Waals surface area contributed by atoms with Crippen LogP contribution in [0.25, 0.3) is 0 Å². The molecule has 196 valence electrons. The van der Waals surface area contributed by atoms with Gasteiger partial charge in [0.15, 0.2) is 0 Å². The van der Waals surface area contributed by atoms with Gasteiger partial charge >= 0.3 is 0 Å². The predicted molar refractivity (Wildman–Crippen MR) is 147 cm³/mol. The van der Waals surface area contributed by atoms with Crippen molar-refractivity contribution < 1.29 is 18.0 Å². The zero-order valence-corrected chi connectivity index (χ0v) is 22.9. The van der Waals surface area contributed by atoms with Crippen molar-refractivity contribution in [3.8, 4) is 0 Å². The number of carbonyl (C=O) groups excluding carboxylic acids is 2. The fourth-order valence-electron chi connectivity index (χ4n) is 4.11. The van der Waals surface area contributed by atoms with E-state index in [1.54, 1.807) is 36.4 Å². The van der Waals surface area contributed by atoms with Crippen LogP contribution >= 0.6 is 0 Å². The molecule has 1 N–H and O–H groups in total. The molecule has 0 aliphatic carbocycles. The largest absolute Gasteiger partial charge is 0.357 e. The molecule has 3 rings (SSSR count). The van der Waals surface area contributed by atoms with E-state index in [4.69, 9.17) is 0 Å². The van der Waals surface area contributed by atoms with E-state index in [0.29, 0.717) is 12.1 Å². The Balaban J connectivity index is 2.07. The standard InChI is InChI=1S/C29H35N3O4S/c1-6-27(29(34)30-5)31(19-24-10-8-7-9-11-24)28(33)20-32(25-15-14-22(3)23(4)18-25)37(35,36)26-16-12-21(2)13-17-26/h7-18,27H,6,19-20H2,1-5H3,(H,30,34). The van der Waals surface area contributed by atoms with E-state index in [9.17, 15) is 18.0 Å². The summed E-state index contributed by atoms with van der Waals surface area (Å²) in [6, 6.07) is 20.5. The van der Waals surface area contributed by atoms with E-state index >= 15 is 0 Å². The Hall–Kier alpha value is -3.65. The summed E-state index contributed by atoms with van der Waals surface area (Å²) in [5.74, 6) is -0.765. The molecule has 0 aliphatic heterocycles. The summed E-state index contributed by atoms with van der Waals surface area (Å²) >= 11 is 0. The third kappa shape index (κ3) is 6.57. The van der Waals surface area contributed by atoms with Crippen LogP contribution in [0.1, 0.15) is 35.6 Å². The first-order chi connectivity index (χ1) is 17.6. The van der Waals surface area contributed by atoms with Gasteiger partial charge in [-0.3, -0.25) is 13.9 Å². The van der Waals surface area contributed by atoms with Crippen LogP contribution in [-0.2, 0) is 26.2 Å². The summed E-state index contributed by atoms with van der Waals surface area (Å²) in [6.45, 7) is 7.29. The van der Waals surface area contributed by atoms with Crippen molar-refractivity contribution in [2.45, 2.75) is 51.6 Å². The number of carbonyl (C=O) groups is 2. The zero-order chi connectivity index (χ0) is 27.2. The highest BCUT2D eigenvalue weighted by molar-refractivity contribution is 7.92. The predicted octanol–water partition coefficient (Wildman–Crippen LogP) is 4.36. The van der Waals surface area contributed by atoms with Gasteiger partial charge < -0.3 is 10.2 Å².